The van der Waals surface area contributed by atoms with Crippen LogP contribution in [0.25, 0.3) is 0 Å². The van der Waals surface area contributed by atoms with Crippen LogP contribution >= 0.6 is 11.6 Å². The number of carboxylic acids is 1. The Morgan fingerprint density at radius 3 is 2.35 bits per heavy atom. The number of hydrogen-bond donors (Lipinski definition) is 2. The molecule has 1 unspecified atom stereocenters. The summed E-state index contributed by atoms with van der Waals surface area (Å²) in [5, 5.41) is 7.88. The molecule has 0 aliphatic carbocycles. The summed E-state index contributed by atoms with van der Waals surface area (Å²) in [4.78, 5) is 26.4. The molecule has 9 nitrogen and oxygen atoms in total. The van der Waals surface area contributed by atoms with Crippen LogP contribution in [0.15, 0.2) is 29.2 Å². The highest BCUT2D eigenvalue weighted by Crippen LogP contribution is 2.37. The van der Waals surface area contributed by atoms with Crippen LogP contribution in [-0.2, 0) is 22.4 Å². The third-order valence-corrected chi connectivity index (χ3v) is 8.28. The van der Waals surface area contributed by atoms with E-state index in [0.29, 0.717) is 12.3 Å². The molecule has 2 saturated heterocycles. The van der Waals surface area contributed by atoms with Crippen molar-refractivity contribution in [1.29, 1.82) is 0 Å². The predicted molar refractivity (Wildman–Crippen MR) is 136 cm³/mol. The summed E-state index contributed by atoms with van der Waals surface area (Å²) in [6.45, 7) is 5.03. The van der Waals surface area contributed by atoms with Crippen molar-refractivity contribution in [1.82, 2.24) is 9.97 Å². The number of nitrogens with zero attached hydrogens (tertiary/aromatic N) is 5. The molecule has 0 amide bonds. The summed E-state index contributed by atoms with van der Waals surface area (Å²) in [5.74, 6) is -0.487. The first-order chi connectivity index (χ1) is 17.6. The standard InChI is InChI=1S/C21H27ClN6OS.C2HF3O2/c22-15-3-5-16(6-4-15)26-9-11-27(12-10-26)21-24-18-7-13-30(29)19(18)20(25-21)28-8-1-2-17(28)14-23;3-2(4,5)1(6)7/h3-6,17H,1-2,7-14,23H2;(H,6,7)/t17?,30-;/m0./s1. The van der Waals surface area contributed by atoms with Gasteiger partial charge in [0.05, 0.1) is 0 Å². The molecule has 37 heavy (non-hydrogen) atoms. The van der Waals surface area contributed by atoms with E-state index >= 15 is 0 Å². The zero-order chi connectivity index (χ0) is 26.7. The summed E-state index contributed by atoms with van der Waals surface area (Å²) in [7, 11) is 0. The Morgan fingerprint density at radius 1 is 1.14 bits per heavy atom. The zero-order valence-corrected chi connectivity index (χ0v) is 21.5. The summed E-state index contributed by atoms with van der Waals surface area (Å²) in [5.41, 5.74) is 8.16. The minimum atomic E-state index is -5.08. The highest BCUT2D eigenvalue weighted by atomic mass is 35.5. The van der Waals surface area contributed by atoms with Crippen LogP contribution in [0.1, 0.15) is 18.5 Å². The zero-order valence-electron chi connectivity index (χ0n) is 20.0. The number of hydrogen-bond acceptors (Lipinski definition) is 8. The monoisotopic (exact) mass is 560 g/mol. The molecule has 4 heterocycles. The molecule has 0 radical (unpaired) electrons. The molecule has 0 bridgehead atoms. The maximum atomic E-state index is 12.7. The third-order valence-electron chi connectivity index (χ3n) is 6.58. The Labute approximate surface area is 220 Å². The highest BCUT2D eigenvalue weighted by Gasteiger charge is 2.39. The van der Waals surface area contributed by atoms with Gasteiger partial charge in [-0.1, -0.05) is 11.6 Å². The van der Waals surface area contributed by atoms with Crippen LogP contribution in [0, 0.1) is 0 Å². The molecule has 0 spiro atoms. The number of piperazine rings is 1. The van der Waals surface area contributed by atoms with Crippen molar-refractivity contribution in [2.75, 3.05) is 59.7 Å². The van der Waals surface area contributed by atoms with Crippen molar-refractivity contribution in [3.63, 3.8) is 0 Å². The second-order valence-corrected chi connectivity index (χ2v) is 10.8. The maximum absolute atomic E-state index is 12.7. The van der Waals surface area contributed by atoms with Gasteiger partial charge in [-0.3, -0.25) is 0 Å². The van der Waals surface area contributed by atoms with E-state index in [4.69, 9.17) is 37.2 Å². The van der Waals surface area contributed by atoms with E-state index in [2.05, 4.69) is 26.8 Å². The lowest BCUT2D eigenvalue weighted by Gasteiger charge is -2.36. The van der Waals surface area contributed by atoms with Gasteiger partial charge in [-0.2, -0.15) is 18.2 Å². The SMILES string of the molecule is NCC1CCCN1c1nc(N2CCN(c3ccc(Cl)cc3)CC2)nc2c1[S@@+]([O-])CC2.O=C(O)C(F)(F)F. The van der Waals surface area contributed by atoms with Crippen LogP contribution < -0.4 is 20.4 Å². The van der Waals surface area contributed by atoms with E-state index in [9.17, 15) is 17.7 Å². The molecule has 3 aliphatic rings. The maximum Gasteiger partial charge on any atom is 0.490 e. The van der Waals surface area contributed by atoms with Gasteiger partial charge in [0.25, 0.3) is 0 Å². The fourth-order valence-electron chi connectivity index (χ4n) is 4.68. The molecule has 5 rings (SSSR count). The number of carboxylic acid groups (broad SMARTS) is 1. The summed E-state index contributed by atoms with van der Waals surface area (Å²) >= 11 is 5.01. The van der Waals surface area contributed by atoms with Crippen molar-refractivity contribution in [2.24, 2.45) is 5.73 Å². The minimum absolute atomic E-state index is 0.274. The molecular formula is C23H28ClF3N6O3S. The molecule has 14 heteroatoms. The van der Waals surface area contributed by atoms with Gasteiger partial charge < -0.3 is 30.1 Å². The van der Waals surface area contributed by atoms with Gasteiger partial charge in [-0.05, 0) is 48.3 Å². The normalized spacial score (nSPS) is 21.5. The van der Waals surface area contributed by atoms with E-state index < -0.39 is 23.3 Å². The van der Waals surface area contributed by atoms with Crippen LogP contribution in [0.3, 0.4) is 0 Å². The molecule has 0 saturated carbocycles. The van der Waals surface area contributed by atoms with E-state index in [0.717, 1.165) is 79.4 Å². The lowest BCUT2D eigenvalue weighted by molar-refractivity contribution is -0.192. The van der Waals surface area contributed by atoms with Gasteiger partial charge >= 0.3 is 12.1 Å². The van der Waals surface area contributed by atoms with Gasteiger partial charge in [-0.25, -0.2) is 9.78 Å². The Kier molecular flexibility index (Phi) is 8.56. The summed E-state index contributed by atoms with van der Waals surface area (Å²) < 4.78 is 44.4. The predicted octanol–water partition coefficient (Wildman–Crippen LogP) is 2.68. The van der Waals surface area contributed by atoms with Crippen LogP contribution in [0.5, 0.6) is 0 Å². The summed E-state index contributed by atoms with van der Waals surface area (Å²) in [6.07, 6.45) is -2.16. The lowest BCUT2D eigenvalue weighted by Crippen LogP contribution is -2.47. The number of aryl methyl sites for hydroxylation is 1. The number of aliphatic carboxylic acids is 1. The van der Waals surface area contributed by atoms with Crippen molar-refractivity contribution in [2.45, 2.75) is 36.4 Å². The Bertz CT molecular complexity index is 1100. The van der Waals surface area contributed by atoms with Crippen molar-refractivity contribution in [3.8, 4) is 0 Å². The molecule has 1 aromatic heterocycles. The lowest BCUT2D eigenvalue weighted by atomic mass is 10.2. The topological polar surface area (TPSA) is 122 Å². The van der Waals surface area contributed by atoms with E-state index in [-0.39, 0.29) is 6.04 Å². The number of anilines is 3. The number of alkyl halides is 3. The molecule has 2 fully saturated rings. The van der Waals surface area contributed by atoms with Gasteiger partial charge in [0, 0.05) is 62.4 Å². The van der Waals surface area contributed by atoms with Crippen molar-refractivity contribution < 1.29 is 27.6 Å². The molecule has 3 N–H and O–H groups in total. The first kappa shape index (κ1) is 27.6. The number of carbonyl (C=O) groups is 1. The Balaban J connectivity index is 0.000000405. The van der Waals surface area contributed by atoms with Crippen LogP contribution in [0.2, 0.25) is 5.02 Å². The van der Waals surface area contributed by atoms with Crippen LogP contribution in [0.4, 0.5) is 30.6 Å². The minimum Gasteiger partial charge on any atom is -0.611 e. The Morgan fingerprint density at radius 2 is 1.76 bits per heavy atom. The first-order valence-electron chi connectivity index (χ1n) is 11.9. The molecule has 1 aromatic carbocycles. The molecule has 2 aromatic rings. The fraction of sp³-hybridized carbons (Fsp3) is 0.522. The highest BCUT2D eigenvalue weighted by molar-refractivity contribution is 7.91. The molecular weight excluding hydrogens is 533 g/mol. The Hall–Kier alpha value is -2.48. The van der Waals surface area contributed by atoms with Gasteiger partial charge in [0.1, 0.15) is 11.4 Å². The number of halogens is 4. The number of aromatic nitrogens is 2. The van der Waals surface area contributed by atoms with Crippen molar-refractivity contribution >= 4 is 46.2 Å². The fourth-order valence-corrected chi connectivity index (χ4v) is 6.16. The van der Waals surface area contributed by atoms with Gasteiger partial charge in [-0.15, -0.1) is 0 Å². The van der Waals surface area contributed by atoms with E-state index in [1.54, 1.807) is 0 Å². The van der Waals surface area contributed by atoms with Crippen LogP contribution in [-0.4, -0.2) is 82.8 Å². The average Bonchev–Trinajstić information content (AvgIpc) is 3.50. The molecule has 202 valence electrons. The third kappa shape index (κ3) is 6.33. The second-order valence-electron chi connectivity index (χ2n) is 8.90. The van der Waals surface area contributed by atoms with Gasteiger partial charge in [0.2, 0.25) is 10.8 Å². The first-order valence-corrected chi connectivity index (χ1v) is 13.6. The largest absolute Gasteiger partial charge is 0.611 e. The number of fused-ring (bicyclic) bond motifs is 1. The molecule has 3 aliphatic heterocycles. The average molecular weight is 561 g/mol. The second kappa shape index (κ2) is 11.5. The summed E-state index contributed by atoms with van der Waals surface area (Å²) in [6, 6.07) is 8.28. The van der Waals surface area contributed by atoms with Gasteiger partial charge in [0.15, 0.2) is 5.82 Å². The number of benzene rings is 1. The van der Waals surface area contributed by atoms with Crippen molar-refractivity contribution in [3.05, 3.63) is 35.0 Å². The van der Waals surface area contributed by atoms with E-state index in [1.165, 1.54) is 5.69 Å². The number of rotatable bonds is 4. The van der Waals surface area contributed by atoms with E-state index in [1.807, 2.05) is 12.1 Å². The molecule has 2 atom stereocenters. The quantitative estimate of drug-likeness (QED) is 0.543. The number of nitrogens with two attached hydrogens (primary N) is 1. The smallest absolute Gasteiger partial charge is 0.490 e.